The van der Waals surface area contributed by atoms with E-state index >= 15 is 0 Å². The van der Waals surface area contributed by atoms with Crippen molar-refractivity contribution in [1.29, 1.82) is 0 Å². The van der Waals surface area contributed by atoms with Gasteiger partial charge in [-0.25, -0.2) is 0 Å². The Bertz CT molecular complexity index is 200. The summed E-state index contributed by atoms with van der Waals surface area (Å²) in [7, 11) is 0. The molecule has 2 saturated carbocycles. The SMILES string of the molecule is CC1(C)[C@@H]2CC[C@]1(C)[C@H](NN)C2. The summed E-state index contributed by atoms with van der Waals surface area (Å²) in [5.74, 6) is 6.47. The fourth-order valence-corrected chi connectivity index (χ4v) is 3.46. The molecule has 0 aromatic rings. The van der Waals surface area contributed by atoms with Crippen molar-refractivity contribution < 1.29 is 0 Å². The first-order valence-electron chi connectivity index (χ1n) is 4.98. The molecule has 2 fully saturated rings. The summed E-state index contributed by atoms with van der Waals surface area (Å²) in [5, 5.41) is 0. The lowest BCUT2D eigenvalue weighted by Crippen LogP contribution is -2.47. The molecule has 2 aliphatic carbocycles. The quantitative estimate of drug-likeness (QED) is 0.461. The molecule has 0 radical (unpaired) electrons. The average Bonchev–Trinajstić information content (AvgIpc) is 2.34. The van der Waals surface area contributed by atoms with E-state index in [9.17, 15) is 0 Å². The number of fused-ring (bicyclic) bond motifs is 2. The number of hydrogen-bond donors (Lipinski definition) is 2. The fraction of sp³-hybridized carbons (Fsp3) is 1.00. The van der Waals surface area contributed by atoms with Crippen LogP contribution in [0.25, 0.3) is 0 Å². The van der Waals surface area contributed by atoms with Gasteiger partial charge < -0.3 is 0 Å². The maximum absolute atomic E-state index is 5.58. The van der Waals surface area contributed by atoms with E-state index in [4.69, 9.17) is 5.84 Å². The third-order valence-corrected chi connectivity index (χ3v) is 5.00. The van der Waals surface area contributed by atoms with Gasteiger partial charge in [0.25, 0.3) is 0 Å². The molecule has 12 heavy (non-hydrogen) atoms. The molecule has 0 unspecified atom stereocenters. The van der Waals surface area contributed by atoms with Crippen LogP contribution in [0, 0.1) is 16.7 Å². The average molecular weight is 168 g/mol. The van der Waals surface area contributed by atoms with Crippen molar-refractivity contribution in [2.45, 2.75) is 46.1 Å². The van der Waals surface area contributed by atoms with E-state index in [1.54, 1.807) is 0 Å². The van der Waals surface area contributed by atoms with Crippen LogP contribution in [-0.2, 0) is 0 Å². The second-order valence-corrected chi connectivity index (χ2v) is 5.33. The highest BCUT2D eigenvalue weighted by atomic mass is 15.2. The van der Waals surface area contributed by atoms with E-state index in [1.807, 2.05) is 0 Å². The van der Waals surface area contributed by atoms with Crippen molar-refractivity contribution >= 4 is 0 Å². The van der Waals surface area contributed by atoms with Gasteiger partial charge in [0.2, 0.25) is 0 Å². The molecule has 0 amide bonds. The standard InChI is InChI=1S/C10H20N2/c1-9(2)7-4-5-10(9,3)8(6-7)12-11/h7-8,12H,4-6,11H2,1-3H3/t7-,8-,10-/m1/s1. The van der Waals surface area contributed by atoms with Gasteiger partial charge in [-0.1, -0.05) is 20.8 Å². The van der Waals surface area contributed by atoms with Gasteiger partial charge in [-0.15, -0.1) is 0 Å². The maximum Gasteiger partial charge on any atom is 0.0272 e. The van der Waals surface area contributed by atoms with E-state index < -0.39 is 0 Å². The minimum absolute atomic E-state index is 0.437. The molecule has 2 bridgehead atoms. The Balaban J connectivity index is 2.33. The Kier molecular flexibility index (Phi) is 1.59. The lowest BCUT2D eigenvalue weighted by atomic mass is 9.69. The molecule has 2 nitrogen and oxygen atoms in total. The number of nitrogens with one attached hydrogen (secondary N) is 1. The van der Waals surface area contributed by atoms with Gasteiger partial charge >= 0.3 is 0 Å². The van der Waals surface area contributed by atoms with Gasteiger partial charge in [-0.05, 0) is 36.0 Å². The zero-order chi connectivity index (χ0) is 8.98. The third kappa shape index (κ3) is 0.728. The van der Waals surface area contributed by atoms with Gasteiger partial charge in [-0.3, -0.25) is 11.3 Å². The van der Waals surface area contributed by atoms with Gasteiger partial charge in [0.1, 0.15) is 0 Å². The van der Waals surface area contributed by atoms with E-state index in [2.05, 4.69) is 26.2 Å². The summed E-state index contributed by atoms with van der Waals surface area (Å²) in [6.07, 6.45) is 4.03. The molecule has 0 aromatic carbocycles. The van der Waals surface area contributed by atoms with Gasteiger partial charge in [-0.2, -0.15) is 0 Å². The smallest absolute Gasteiger partial charge is 0.0272 e. The van der Waals surface area contributed by atoms with Gasteiger partial charge in [0, 0.05) is 6.04 Å². The Morgan fingerprint density at radius 2 is 2.00 bits per heavy atom. The predicted octanol–water partition coefficient (Wildman–Crippen LogP) is 1.66. The van der Waals surface area contributed by atoms with Crippen LogP contribution in [0.4, 0.5) is 0 Å². The highest BCUT2D eigenvalue weighted by molar-refractivity contribution is 5.12. The zero-order valence-corrected chi connectivity index (χ0v) is 8.35. The lowest BCUT2D eigenvalue weighted by molar-refractivity contribution is 0.121. The second-order valence-electron chi connectivity index (χ2n) is 5.33. The van der Waals surface area contributed by atoms with Crippen molar-refractivity contribution in [2.75, 3.05) is 0 Å². The number of hydrazine groups is 1. The van der Waals surface area contributed by atoms with E-state index in [0.717, 1.165) is 5.92 Å². The molecule has 2 rings (SSSR count). The molecule has 2 aliphatic rings. The third-order valence-electron chi connectivity index (χ3n) is 5.00. The van der Waals surface area contributed by atoms with Crippen LogP contribution in [0.1, 0.15) is 40.0 Å². The molecule has 0 heterocycles. The lowest BCUT2D eigenvalue weighted by Gasteiger charge is -2.38. The summed E-state index contributed by atoms with van der Waals surface area (Å²) in [4.78, 5) is 0. The molecule has 3 atom stereocenters. The molecular weight excluding hydrogens is 148 g/mol. The van der Waals surface area contributed by atoms with Crippen LogP contribution >= 0.6 is 0 Å². The minimum Gasteiger partial charge on any atom is -0.271 e. The Hall–Kier alpha value is -0.0800. The largest absolute Gasteiger partial charge is 0.271 e. The van der Waals surface area contributed by atoms with E-state index in [-0.39, 0.29) is 0 Å². The summed E-state index contributed by atoms with van der Waals surface area (Å²) >= 11 is 0. The normalized spacial score (nSPS) is 50.0. The number of nitrogens with two attached hydrogens (primary N) is 1. The summed E-state index contributed by atoms with van der Waals surface area (Å²) < 4.78 is 0. The van der Waals surface area contributed by atoms with Crippen molar-refractivity contribution in [3.8, 4) is 0 Å². The van der Waals surface area contributed by atoms with Crippen LogP contribution in [0.2, 0.25) is 0 Å². The van der Waals surface area contributed by atoms with Crippen molar-refractivity contribution in [3.63, 3.8) is 0 Å². The zero-order valence-electron chi connectivity index (χ0n) is 8.35. The molecule has 2 heteroatoms. The first-order valence-corrected chi connectivity index (χ1v) is 4.98. The van der Waals surface area contributed by atoms with Crippen LogP contribution in [0.15, 0.2) is 0 Å². The highest BCUT2D eigenvalue weighted by Gasteiger charge is 2.60. The maximum atomic E-state index is 5.58. The summed E-state index contributed by atoms with van der Waals surface area (Å²) in [6, 6.07) is 0.547. The Morgan fingerprint density at radius 3 is 2.25 bits per heavy atom. The highest BCUT2D eigenvalue weighted by Crippen LogP contribution is 2.65. The Labute approximate surface area is 74.9 Å². The molecule has 0 saturated heterocycles. The van der Waals surface area contributed by atoms with Crippen LogP contribution in [0.5, 0.6) is 0 Å². The second kappa shape index (κ2) is 2.24. The van der Waals surface area contributed by atoms with Crippen molar-refractivity contribution in [1.82, 2.24) is 5.43 Å². The molecule has 0 aliphatic heterocycles. The van der Waals surface area contributed by atoms with E-state index in [0.29, 0.717) is 16.9 Å². The van der Waals surface area contributed by atoms with Gasteiger partial charge in [0.05, 0.1) is 0 Å². The van der Waals surface area contributed by atoms with Crippen LogP contribution < -0.4 is 11.3 Å². The van der Waals surface area contributed by atoms with Crippen LogP contribution in [0.3, 0.4) is 0 Å². The molecule has 0 spiro atoms. The molecular formula is C10H20N2. The number of rotatable bonds is 1. The predicted molar refractivity (Wildman–Crippen MR) is 50.3 cm³/mol. The van der Waals surface area contributed by atoms with E-state index in [1.165, 1.54) is 19.3 Å². The molecule has 70 valence electrons. The first kappa shape index (κ1) is 8.52. The van der Waals surface area contributed by atoms with Gasteiger partial charge in [0.15, 0.2) is 0 Å². The summed E-state index contributed by atoms with van der Waals surface area (Å²) in [5.41, 5.74) is 3.92. The number of hydrogen-bond acceptors (Lipinski definition) is 2. The minimum atomic E-state index is 0.437. The first-order chi connectivity index (χ1) is 5.52. The van der Waals surface area contributed by atoms with Crippen molar-refractivity contribution in [2.24, 2.45) is 22.6 Å². The topological polar surface area (TPSA) is 38.0 Å². The molecule has 0 aromatic heterocycles. The Morgan fingerprint density at radius 1 is 1.33 bits per heavy atom. The molecule has 3 N–H and O–H groups in total. The monoisotopic (exact) mass is 168 g/mol. The fourth-order valence-electron chi connectivity index (χ4n) is 3.46. The van der Waals surface area contributed by atoms with Crippen molar-refractivity contribution in [3.05, 3.63) is 0 Å². The summed E-state index contributed by atoms with van der Waals surface area (Å²) in [6.45, 7) is 7.20. The van der Waals surface area contributed by atoms with Crippen LogP contribution in [-0.4, -0.2) is 6.04 Å².